The number of phenols is 1. The van der Waals surface area contributed by atoms with Crippen molar-refractivity contribution in [3.63, 3.8) is 0 Å². The number of carboxylic acid groups (broad SMARTS) is 1. The molecule has 3 N–H and O–H groups in total. The summed E-state index contributed by atoms with van der Waals surface area (Å²) in [6.45, 7) is 0. The fourth-order valence-electron chi connectivity index (χ4n) is 1.49. The van der Waals surface area contributed by atoms with Crippen molar-refractivity contribution >= 4 is 17.9 Å². The molecule has 0 saturated heterocycles. The number of aromatic carboxylic acids is 1. The summed E-state index contributed by atoms with van der Waals surface area (Å²) in [7, 11) is 0. The van der Waals surface area contributed by atoms with Crippen molar-refractivity contribution in [2.45, 2.75) is 0 Å². The van der Waals surface area contributed by atoms with E-state index in [0.29, 0.717) is 11.3 Å². The van der Waals surface area contributed by atoms with Gasteiger partial charge in [-0.05, 0) is 42.0 Å². The number of carboxylic acids is 1. The molecule has 0 spiro atoms. The van der Waals surface area contributed by atoms with Crippen LogP contribution in [0.4, 0.5) is 5.69 Å². The van der Waals surface area contributed by atoms with Crippen LogP contribution in [-0.4, -0.2) is 22.4 Å². The summed E-state index contributed by atoms with van der Waals surface area (Å²) >= 11 is 0. The first-order chi connectivity index (χ1) is 9.56. The van der Waals surface area contributed by atoms with Gasteiger partial charge >= 0.3 is 5.97 Å². The van der Waals surface area contributed by atoms with Crippen molar-refractivity contribution in [2.24, 2.45) is 5.10 Å². The highest BCUT2D eigenvalue weighted by Gasteiger charge is 2.00. The molecule has 2 aromatic carbocycles. The zero-order chi connectivity index (χ0) is 14.5. The predicted molar refractivity (Wildman–Crippen MR) is 72.2 cm³/mol. The Morgan fingerprint density at radius 2 is 1.90 bits per heavy atom. The van der Waals surface area contributed by atoms with Gasteiger partial charge in [0.2, 0.25) is 0 Å². The largest absolute Gasteiger partial charge is 0.872 e. The number of hydrazone groups is 1. The van der Waals surface area contributed by atoms with Gasteiger partial charge in [-0.1, -0.05) is 11.8 Å². The number of phenolic OH excluding ortho intramolecular Hbond substituents is 1. The lowest BCUT2D eigenvalue weighted by Crippen LogP contribution is -1.98. The minimum Gasteiger partial charge on any atom is -0.872 e. The second-order valence-electron chi connectivity index (χ2n) is 3.97. The number of nitrogens with zero attached hydrogens (tertiary/aromatic N) is 1. The van der Waals surface area contributed by atoms with E-state index < -0.39 is 5.97 Å². The summed E-state index contributed by atoms with van der Waals surface area (Å²) in [6.07, 6.45) is 1.33. The summed E-state index contributed by atoms with van der Waals surface area (Å²) < 4.78 is 0. The van der Waals surface area contributed by atoms with E-state index in [1.807, 2.05) is 0 Å². The number of hydrogen-bond acceptors (Lipinski definition) is 5. The fraction of sp³-hybridized carbons (Fsp3) is 0. The van der Waals surface area contributed by atoms with Gasteiger partial charge in [0.15, 0.2) is 0 Å². The molecular formula is C14H11N2O4-. The van der Waals surface area contributed by atoms with E-state index in [0.717, 1.165) is 6.07 Å². The van der Waals surface area contributed by atoms with Gasteiger partial charge in [-0.15, -0.1) is 0 Å². The fourth-order valence-corrected chi connectivity index (χ4v) is 1.49. The quantitative estimate of drug-likeness (QED) is 0.578. The SMILES string of the molecule is O=C(O)c1ccc(N/N=C/c2ccc(O)cc2[O-])cc1. The first-order valence-electron chi connectivity index (χ1n) is 5.69. The average molecular weight is 271 g/mol. The van der Waals surface area contributed by atoms with Crippen molar-refractivity contribution in [3.8, 4) is 11.5 Å². The molecule has 6 nitrogen and oxygen atoms in total. The number of rotatable bonds is 4. The zero-order valence-corrected chi connectivity index (χ0v) is 10.3. The molecule has 0 saturated carbocycles. The molecule has 0 aliphatic carbocycles. The van der Waals surface area contributed by atoms with E-state index in [1.165, 1.54) is 30.5 Å². The van der Waals surface area contributed by atoms with Crippen LogP contribution in [0.25, 0.3) is 0 Å². The molecule has 2 rings (SSSR count). The van der Waals surface area contributed by atoms with Crippen LogP contribution in [0.5, 0.6) is 11.5 Å². The van der Waals surface area contributed by atoms with Crippen LogP contribution in [0.15, 0.2) is 47.6 Å². The molecule has 0 bridgehead atoms. The zero-order valence-electron chi connectivity index (χ0n) is 10.3. The van der Waals surface area contributed by atoms with Gasteiger partial charge in [0.1, 0.15) is 5.75 Å². The van der Waals surface area contributed by atoms with Gasteiger partial charge in [0.25, 0.3) is 0 Å². The molecule has 0 unspecified atom stereocenters. The Bertz CT molecular complexity index is 651. The van der Waals surface area contributed by atoms with Crippen molar-refractivity contribution in [3.05, 3.63) is 53.6 Å². The number of hydrogen-bond donors (Lipinski definition) is 3. The molecule has 0 fully saturated rings. The van der Waals surface area contributed by atoms with Crippen LogP contribution >= 0.6 is 0 Å². The minimum atomic E-state index is -1.000. The molecule has 0 aromatic heterocycles. The van der Waals surface area contributed by atoms with Crippen LogP contribution in [0.2, 0.25) is 0 Å². The van der Waals surface area contributed by atoms with Gasteiger partial charge in [0, 0.05) is 0 Å². The van der Waals surface area contributed by atoms with Crippen LogP contribution in [0, 0.1) is 0 Å². The third-order valence-electron chi connectivity index (χ3n) is 2.53. The smallest absolute Gasteiger partial charge is 0.335 e. The van der Waals surface area contributed by atoms with E-state index in [4.69, 9.17) is 10.2 Å². The van der Waals surface area contributed by atoms with E-state index in [9.17, 15) is 9.90 Å². The second kappa shape index (κ2) is 5.75. The Labute approximate surface area is 114 Å². The molecule has 0 amide bonds. The van der Waals surface area contributed by atoms with E-state index in [2.05, 4.69) is 10.5 Å². The summed E-state index contributed by atoms with van der Waals surface area (Å²) in [6, 6.07) is 9.97. The van der Waals surface area contributed by atoms with Crippen molar-refractivity contribution < 1.29 is 20.1 Å². The maximum Gasteiger partial charge on any atom is 0.335 e. The van der Waals surface area contributed by atoms with Crippen molar-refractivity contribution in [1.82, 2.24) is 0 Å². The number of nitrogens with one attached hydrogen (secondary N) is 1. The standard InChI is InChI=1S/C14H12N2O4/c17-12-6-3-10(13(18)7-12)8-15-16-11-4-1-9(2-5-11)14(19)20/h1-8,16-18H,(H,19,20)/p-1/b15-8+. The van der Waals surface area contributed by atoms with E-state index in [-0.39, 0.29) is 17.1 Å². The molecule has 0 atom stereocenters. The molecule has 2 aromatic rings. The van der Waals surface area contributed by atoms with Gasteiger partial charge < -0.3 is 15.3 Å². The molecule has 20 heavy (non-hydrogen) atoms. The monoisotopic (exact) mass is 271 g/mol. The summed E-state index contributed by atoms with van der Waals surface area (Å²) in [5.74, 6) is -1.43. The summed E-state index contributed by atoms with van der Waals surface area (Å²) in [5, 5.41) is 33.2. The minimum absolute atomic E-state index is 0.0932. The Morgan fingerprint density at radius 3 is 2.50 bits per heavy atom. The van der Waals surface area contributed by atoms with E-state index in [1.54, 1.807) is 12.1 Å². The van der Waals surface area contributed by atoms with Gasteiger partial charge in [0.05, 0.1) is 17.5 Å². The van der Waals surface area contributed by atoms with Crippen molar-refractivity contribution in [1.29, 1.82) is 0 Å². The third-order valence-corrected chi connectivity index (χ3v) is 2.53. The maximum absolute atomic E-state index is 11.5. The topological polar surface area (TPSA) is 105 Å². The van der Waals surface area contributed by atoms with Crippen LogP contribution in [0.3, 0.4) is 0 Å². The van der Waals surface area contributed by atoms with Crippen LogP contribution in [-0.2, 0) is 0 Å². The van der Waals surface area contributed by atoms with Gasteiger partial charge in [-0.2, -0.15) is 5.10 Å². The third kappa shape index (κ3) is 3.26. The Balaban J connectivity index is 2.04. The van der Waals surface area contributed by atoms with E-state index >= 15 is 0 Å². The first-order valence-corrected chi connectivity index (χ1v) is 5.69. The lowest BCUT2D eigenvalue weighted by molar-refractivity contribution is -0.268. The summed E-state index contributed by atoms with van der Waals surface area (Å²) in [4.78, 5) is 10.7. The number of benzene rings is 2. The molecule has 0 radical (unpaired) electrons. The molecule has 0 heterocycles. The normalized spacial score (nSPS) is 10.6. The second-order valence-corrected chi connectivity index (χ2v) is 3.97. The Morgan fingerprint density at radius 1 is 1.20 bits per heavy atom. The maximum atomic E-state index is 11.5. The summed E-state index contributed by atoms with van der Waals surface area (Å²) in [5.41, 5.74) is 3.78. The number of carbonyl (C=O) groups is 1. The Hall–Kier alpha value is -3.02. The molecule has 0 aliphatic rings. The highest BCUT2D eigenvalue weighted by Crippen LogP contribution is 2.18. The first kappa shape index (κ1) is 13.4. The number of anilines is 1. The van der Waals surface area contributed by atoms with Gasteiger partial charge in [-0.25, -0.2) is 4.79 Å². The van der Waals surface area contributed by atoms with Crippen LogP contribution < -0.4 is 10.5 Å². The Kier molecular flexibility index (Phi) is 3.85. The molecule has 102 valence electrons. The van der Waals surface area contributed by atoms with Crippen LogP contribution in [0.1, 0.15) is 15.9 Å². The molecule has 0 aliphatic heterocycles. The highest BCUT2D eigenvalue weighted by atomic mass is 16.4. The number of aromatic hydroxyl groups is 1. The predicted octanol–water partition coefficient (Wildman–Crippen LogP) is 1.61. The average Bonchev–Trinajstić information content (AvgIpc) is 2.42. The van der Waals surface area contributed by atoms with Crippen molar-refractivity contribution in [2.75, 3.05) is 5.43 Å². The molecule has 6 heteroatoms. The van der Waals surface area contributed by atoms with Gasteiger partial charge in [-0.3, -0.25) is 5.43 Å². The lowest BCUT2D eigenvalue weighted by atomic mass is 10.2. The molecular weight excluding hydrogens is 260 g/mol. The highest BCUT2D eigenvalue weighted by molar-refractivity contribution is 5.88. The lowest BCUT2D eigenvalue weighted by Gasteiger charge is -2.09.